The van der Waals surface area contributed by atoms with Gasteiger partial charge in [-0.1, -0.05) is 370 Å². The lowest BCUT2D eigenvalue weighted by atomic mass is 10.0. The number of allylic oxidation sites excluding steroid dienone is 9. The van der Waals surface area contributed by atoms with Crippen molar-refractivity contribution >= 4 is 5.91 Å². The van der Waals surface area contributed by atoms with Crippen LogP contribution < -0.4 is 5.32 Å². The maximum absolute atomic E-state index is 12.5. The minimum absolute atomic E-state index is 0.0676. The van der Waals surface area contributed by atoms with Gasteiger partial charge in [0.25, 0.3) is 0 Å². The number of rotatable bonds is 66. The number of aliphatic hydroxyl groups excluding tert-OH is 2. The highest BCUT2D eigenvalue weighted by atomic mass is 16.3. The fraction of sp³-hybridized carbons (Fsp3) is 0.851. The molecule has 1 amide bonds. The summed E-state index contributed by atoms with van der Waals surface area (Å²) in [6.45, 7) is 4.33. The standard InChI is InChI=1S/C74H139NO3/c1-3-5-7-9-11-13-15-17-19-21-23-25-27-29-31-33-35-36-37-38-40-42-44-46-48-50-52-54-56-58-60-62-64-66-68-70-74(78)75-72(71-76)73(77)69-67-65-63-61-59-57-55-53-51-49-47-45-43-41-39-34-32-30-28-26-24-22-20-18-16-14-12-10-8-6-4-2/h15,17,21,23,27,29,59,61,67,69,72-73,76-77H,3-14,16,18-20,22,24-26,28,30-58,60,62-66,68,70-71H2,1-2H3,(H,75,78)/b17-15-,23-21-,29-27-,61-59+,69-67+. The molecule has 2 atom stereocenters. The Hall–Kier alpha value is -1.91. The van der Waals surface area contributed by atoms with Crippen molar-refractivity contribution in [1.82, 2.24) is 5.32 Å². The predicted octanol–water partition coefficient (Wildman–Crippen LogP) is 24.3. The number of carbonyl (C=O) groups is 1. The number of hydrogen-bond acceptors (Lipinski definition) is 3. The van der Waals surface area contributed by atoms with Gasteiger partial charge in [-0.15, -0.1) is 0 Å². The van der Waals surface area contributed by atoms with Crippen LogP contribution in [-0.4, -0.2) is 34.9 Å². The molecule has 3 N–H and O–H groups in total. The van der Waals surface area contributed by atoms with Crippen LogP contribution >= 0.6 is 0 Å². The first kappa shape index (κ1) is 76.1. The van der Waals surface area contributed by atoms with Crippen LogP contribution in [0, 0.1) is 0 Å². The molecule has 0 saturated carbocycles. The van der Waals surface area contributed by atoms with Crippen LogP contribution in [0.25, 0.3) is 0 Å². The van der Waals surface area contributed by atoms with Gasteiger partial charge in [0, 0.05) is 6.42 Å². The van der Waals surface area contributed by atoms with E-state index in [4.69, 9.17) is 0 Å². The molecule has 0 aliphatic carbocycles. The Morgan fingerprint density at radius 1 is 0.308 bits per heavy atom. The second-order valence-electron chi connectivity index (χ2n) is 24.3. The average molecular weight is 1090 g/mol. The molecule has 0 radical (unpaired) electrons. The number of unbranched alkanes of at least 4 members (excludes halogenated alkanes) is 51. The quantitative estimate of drug-likeness (QED) is 0.0420. The van der Waals surface area contributed by atoms with Crippen LogP contribution in [0.2, 0.25) is 0 Å². The summed E-state index contributed by atoms with van der Waals surface area (Å²) in [5.41, 5.74) is 0. The molecule has 0 aliphatic rings. The number of hydrogen-bond donors (Lipinski definition) is 3. The van der Waals surface area contributed by atoms with Crippen molar-refractivity contribution in [1.29, 1.82) is 0 Å². The fourth-order valence-corrected chi connectivity index (χ4v) is 11.1. The lowest BCUT2D eigenvalue weighted by Gasteiger charge is -2.19. The second-order valence-corrected chi connectivity index (χ2v) is 24.3. The molecule has 0 fully saturated rings. The first-order chi connectivity index (χ1) is 38.7. The Kier molecular flexibility index (Phi) is 67.7. The molecule has 0 saturated heterocycles. The maximum Gasteiger partial charge on any atom is 0.220 e. The van der Waals surface area contributed by atoms with E-state index in [0.29, 0.717) is 6.42 Å². The van der Waals surface area contributed by atoms with Crippen molar-refractivity contribution in [2.24, 2.45) is 0 Å². The van der Waals surface area contributed by atoms with Gasteiger partial charge in [-0.2, -0.15) is 0 Å². The van der Waals surface area contributed by atoms with Crippen LogP contribution in [0.5, 0.6) is 0 Å². The van der Waals surface area contributed by atoms with E-state index in [1.165, 1.54) is 321 Å². The topological polar surface area (TPSA) is 69.6 Å². The SMILES string of the molecule is CCCCCCC/C=C\C/C=C\C/C=C\CCCCCCCCCCCCCCCCCCCCCCC(=O)NC(CO)C(O)/C=C/CC/C=C/CCCCCCCCCCCCCCCCCCCCCCCCCCC. The van der Waals surface area contributed by atoms with Gasteiger partial charge in [0.1, 0.15) is 0 Å². The van der Waals surface area contributed by atoms with Gasteiger partial charge in [0.15, 0.2) is 0 Å². The summed E-state index contributed by atoms with van der Waals surface area (Å²) < 4.78 is 0. The maximum atomic E-state index is 12.5. The average Bonchev–Trinajstić information content (AvgIpc) is 3.44. The zero-order chi connectivity index (χ0) is 56.2. The monoisotopic (exact) mass is 1090 g/mol. The van der Waals surface area contributed by atoms with Gasteiger partial charge >= 0.3 is 0 Å². The summed E-state index contributed by atoms with van der Waals surface area (Å²) in [5.74, 6) is -0.0676. The zero-order valence-corrected chi connectivity index (χ0v) is 53.0. The Morgan fingerprint density at radius 3 is 0.833 bits per heavy atom. The second kappa shape index (κ2) is 69.4. The number of amides is 1. The summed E-state index contributed by atoms with van der Waals surface area (Å²) in [7, 11) is 0. The van der Waals surface area contributed by atoms with Gasteiger partial charge in [-0.25, -0.2) is 0 Å². The molecule has 0 aliphatic heterocycles. The van der Waals surface area contributed by atoms with Crippen LogP contribution in [0.15, 0.2) is 60.8 Å². The molecule has 0 aromatic rings. The van der Waals surface area contributed by atoms with E-state index < -0.39 is 12.1 Å². The highest BCUT2D eigenvalue weighted by Crippen LogP contribution is 2.19. The van der Waals surface area contributed by atoms with Crippen molar-refractivity contribution in [2.75, 3.05) is 6.61 Å². The molecule has 0 heterocycles. The molecule has 4 nitrogen and oxygen atoms in total. The van der Waals surface area contributed by atoms with Crippen molar-refractivity contribution in [3.63, 3.8) is 0 Å². The largest absolute Gasteiger partial charge is 0.394 e. The molecule has 4 heteroatoms. The predicted molar refractivity (Wildman–Crippen MR) is 350 cm³/mol. The summed E-state index contributed by atoms with van der Waals surface area (Å²) in [6, 6.07) is -0.642. The first-order valence-corrected chi connectivity index (χ1v) is 35.5. The third-order valence-corrected chi connectivity index (χ3v) is 16.5. The first-order valence-electron chi connectivity index (χ1n) is 35.5. The lowest BCUT2D eigenvalue weighted by Crippen LogP contribution is -2.45. The molecule has 0 rings (SSSR count). The highest BCUT2D eigenvalue weighted by Gasteiger charge is 2.18. The van der Waals surface area contributed by atoms with Gasteiger partial charge < -0.3 is 15.5 Å². The minimum Gasteiger partial charge on any atom is -0.394 e. The molecule has 78 heavy (non-hydrogen) atoms. The Morgan fingerprint density at radius 2 is 0.538 bits per heavy atom. The third kappa shape index (κ3) is 64.9. The Balaban J connectivity index is 3.46. The smallest absolute Gasteiger partial charge is 0.220 e. The molecule has 2 unspecified atom stereocenters. The van der Waals surface area contributed by atoms with Gasteiger partial charge in [-0.3, -0.25) is 4.79 Å². The number of nitrogens with one attached hydrogen (secondary N) is 1. The summed E-state index contributed by atoms with van der Waals surface area (Å²) in [6.07, 6.45) is 98.9. The summed E-state index contributed by atoms with van der Waals surface area (Å²) >= 11 is 0. The minimum atomic E-state index is -0.865. The van der Waals surface area contributed by atoms with Gasteiger partial charge in [-0.05, 0) is 70.6 Å². The van der Waals surface area contributed by atoms with Crippen LogP contribution in [0.3, 0.4) is 0 Å². The van der Waals surface area contributed by atoms with Crippen LogP contribution in [0.1, 0.15) is 386 Å². The van der Waals surface area contributed by atoms with E-state index in [1.54, 1.807) is 6.08 Å². The van der Waals surface area contributed by atoms with Crippen molar-refractivity contribution in [2.45, 2.75) is 398 Å². The number of carbonyl (C=O) groups excluding carboxylic acids is 1. The normalized spacial score (nSPS) is 13.0. The molecule has 0 aromatic carbocycles. The molecule has 0 aromatic heterocycles. The molecule has 0 bridgehead atoms. The Bertz CT molecular complexity index is 1280. The summed E-state index contributed by atoms with van der Waals surface area (Å²) in [4.78, 5) is 12.5. The van der Waals surface area contributed by atoms with Crippen LogP contribution in [-0.2, 0) is 4.79 Å². The molecular formula is C74H139NO3. The zero-order valence-electron chi connectivity index (χ0n) is 53.0. The lowest BCUT2D eigenvalue weighted by molar-refractivity contribution is -0.123. The van der Waals surface area contributed by atoms with E-state index in [-0.39, 0.29) is 12.5 Å². The highest BCUT2D eigenvalue weighted by molar-refractivity contribution is 5.76. The van der Waals surface area contributed by atoms with E-state index in [9.17, 15) is 15.0 Å². The van der Waals surface area contributed by atoms with E-state index in [1.807, 2.05) is 6.08 Å². The third-order valence-electron chi connectivity index (χ3n) is 16.5. The molecule has 0 spiro atoms. The van der Waals surface area contributed by atoms with E-state index in [0.717, 1.165) is 44.9 Å². The van der Waals surface area contributed by atoms with E-state index in [2.05, 4.69) is 67.8 Å². The van der Waals surface area contributed by atoms with Gasteiger partial charge in [0.2, 0.25) is 5.91 Å². The molecular weight excluding hydrogens is 951 g/mol. The van der Waals surface area contributed by atoms with Gasteiger partial charge in [0.05, 0.1) is 18.8 Å². The van der Waals surface area contributed by atoms with Crippen LogP contribution in [0.4, 0.5) is 0 Å². The van der Waals surface area contributed by atoms with Crippen molar-refractivity contribution < 1.29 is 15.0 Å². The number of aliphatic hydroxyl groups is 2. The molecule has 458 valence electrons. The van der Waals surface area contributed by atoms with Crippen molar-refractivity contribution in [3.8, 4) is 0 Å². The van der Waals surface area contributed by atoms with Crippen molar-refractivity contribution in [3.05, 3.63) is 60.8 Å². The van der Waals surface area contributed by atoms with E-state index >= 15 is 0 Å². The Labute approximate surface area is 489 Å². The summed E-state index contributed by atoms with van der Waals surface area (Å²) in [5, 5.41) is 23.3. The fourth-order valence-electron chi connectivity index (χ4n) is 11.1.